The van der Waals surface area contributed by atoms with Gasteiger partial charge in [0.1, 0.15) is 0 Å². The van der Waals surface area contributed by atoms with E-state index in [0.29, 0.717) is 18.5 Å². The van der Waals surface area contributed by atoms with Crippen LogP contribution in [0.5, 0.6) is 0 Å². The van der Waals surface area contributed by atoms with E-state index in [9.17, 15) is 9.59 Å². The molecule has 1 aromatic rings. The highest BCUT2D eigenvalue weighted by Crippen LogP contribution is 2.05. The molecule has 1 atom stereocenters. The van der Waals surface area contributed by atoms with Gasteiger partial charge in [0.2, 0.25) is 5.91 Å². The Morgan fingerprint density at radius 3 is 2.37 bits per heavy atom. The maximum absolute atomic E-state index is 11.9. The van der Waals surface area contributed by atoms with Gasteiger partial charge in [-0.25, -0.2) is 0 Å². The molecule has 0 saturated heterocycles. The zero-order chi connectivity index (χ0) is 14.3. The number of rotatable bonds is 6. The van der Waals surface area contributed by atoms with Gasteiger partial charge in [0.25, 0.3) is 5.91 Å². The van der Waals surface area contributed by atoms with E-state index >= 15 is 0 Å². The van der Waals surface area contributed by atoms with Crippen LogP contribution in [0.1, 0.15) is 36.2 Å². The highest BCUT2D eigenvalue weighted by Gasteiger charge is 2.10. The average Bonchev–Trinajstić information content (AvgIpc) is 2.42. The van der Waals surface area contributed by atoms with Gasteiger partial charge in [-0.05, 0) is 24.1 Å². The topological polar surface area (TPSA) is 78.4 Å². The number of carbonyl (C=O) groups excluding carboxylic acids is 2. The van der Waals surface area contributed by atoms with Gasteiger partial charge in [0.05, 0.1) is 12.6 Å². The molecule has 0 aliphatic heterocycles. The summed E-state index contributed by atoms with van der Waals surface area (Å²) in [6, 6.07) is 6.79. The standard InChI is InChI=1S/C14H20N2O3/c1-3-13(9-17)16-14(19)12-6-4-11(5-7-12)8-15-10(2)18/h4-7,13,17H,3,8-9H2,1-2H3,(H,15,18)(H,16,19)/t13-/m0/s1. The lowest BCUT2D eigenvalue weighted by molar-refractivity contribution is -0.119. The molecule has 0 radical (unpaired) electrons. The highest BCUT2D eigenvalue weighted by molar-refractivity contribution is 5.94. The molecule has 0 heterocycles. The normalized spacial score (nSPS) is 11.7. The van der Waals surface area contributed by atoms with E-state index in [1.807, 2.05) is 6.92 Å². The average molecular weight is 264 g/mol. The predicted octanol–water partition coefficient (Wildman–Crippen LogP) is 0.823. The van der Waals surface area contributed by atoms with Crippen molar-refractivity contribution in [3.8, 4) is 0 Å². The summed E-state index contributed by atoms with van der Waals surface area (Å²) in [6.07, 6.45) is 0.683. The molecule has 5 heteroatoms. The first kappa shape index (κ1) is 15.2. The first-order valence-electron chi connectivity index (χ1n) is 6.32. The van der Waals surface area contributed by atoms with Crippen molar-refractivity contribution in [2.75, 3.05) is 6.61 Å². The Kier molecular flexibility index (Phi) is 6.02. The number of amides is 2. The Morgan fingerprint density at radius 2 is 1.89 bits per heavy atom. The van der Waals surface area contributed by atoms with Crippen LogP contribution >= 0.6 is 0 Å². The molecule has 0 unspecified atom stereocenters. The maximum atomic E-state index is 11.9. The Bertz CT molecular complexity index is 425. The van der Waals surface area contributed by atoms with Gasteiger partial charge in [0, 0.05) is 19.0 Å². The molecular formula is C14H20N2O3. The minimum Gasteiger partial charge on any atom is -0.394 e. The van der Waals surface area contributed by atoms with Crippen LogP contribution in [-0.2, 0) is 11.3 Å². The lowest BCUT2D eigenvalue weighted by Crippen LogP contribution is -2.36. The number of nitrogens with one attached hydrogen (secondary N) is 2. The summed E-state index contributed by atoms with van der Waals surface area (Å²) in [4.78, 5) is 22.6. The molecule has 2 amide bonds. The van der Waals surface area contributed by atoms with Crippen LogP contribution in [0.15, 0.2) is 24.3 Å². The van der Waals surface area contributed by atoms with Crippen molar-refractivity contribution in [3.63, 3.8) is 0 Å². The van der Waals surface area contributed by atoms with Crippen LogP contribution in [0, 0.1) is 0 Å². The van der Waals surface area contributed by atoms with E-state index in [2.05, 4.69) is 10.6 Å². The molecule has 104 valence electrons. The molecule has 5 nitrogen and oxygen atoms in total. The van der Waals surface area contributed by atoms with Gasteiger partial charge in [-0.15, -0.1) is 0 Å². The molecule has 0 saturated carbocycles. The molecule has 3 N–H and O–H groups in total. The predicted molar refractivity (Wildman–Crippen MR) is 72.6 cm³/mol. The molecule has 1 rings (SSSR count). The number of aliphatic hydroxyl groups excluding tert-OH is 1. The number of aliphatic hydroxyl groups is 1. The molecule has 0 aliphatic carbocycles. The number of carbonyl (C=O) groups is 2. The number of hydrogen-bond donors (Lipinski definition) is 3. The Morgan fingerprint density at radius 1 is 1.26 bits per heavy atom. The van der Waals surface area contributed by atoms with Gasteiger partial charge < -0.3 is 15.7 Å². The second-order valence-corrected chi connectivity index (χ2v) is 4.37. The zero-order valence-corrected chi connectivity index (χ0v) is 11.3. The lowest BCUT2D eigenvalue weighted by atomic mass is 10.1. The van der Waals surface area contributed by atoms with Crippen molar-refractivity contribution in [1.82, 2.24) is 10.6 Å². The van der Waals surface area contributed by atoms with Crippen molar-refractivity contribution in [1.29, 1.82) is 0 Å². The van der Waals surface area contributed by atoms with E-state index in [1.54, 1.807) is 24.3 Å². The van der Waals surface area contributed by atoms with Gasteiger partial charge >= 0.3 is 0 Å². The fraction of sp³-hybridized carbons (Fsp3) is 0.429. The van der Waals surface area contributed by atoms with Gasteiger partial charge in [-0.1, -0.05) is 19.1 Å². The van der Waals surface area contributed by atoms with Gasteiger partial charge in [-0.2, -0.15) is 0 Å². The molecule has 0 aliphatic rings. The van der Waals surface area contributed by atoms with E-state index in [1.165, 1.54) is 6.92 Å². The first-order chi connectivity index (χ1) is 9.06. The zero-order valence-electron chi connectivity index (χ0n) is 11.3. The summed E-state index contributed by atoms with van der Waals surface area (Å²) in [5.74, 6) is -0.289. The third-order valence-electron chi connectivity index (χ3n) is 2.81. The summed E-state index contributed by atoms with van der Waals surface area (Å²) in [6.45, 7) is 3.74. The number of benzene rings is 1. The minimum absolute atomic E-state index is 0.0666. The Labute approximate surface area is 113 Å². The fourth-order valence-electron chi connectivity index (χ4n) is 1.55. The lowest BCUT2D eigenvalue weighted by Gasteiger charge is -2.14. The van der Waals surface area contributed by atoms with E-state index < -0.39 is 0 Å². The van der Waals surface area contributed by atoms with E-state index in [0.717, 1.165) is 5.56 Å². The van der Waals surface area contributed by atoms with E-state index in [4.69, 9.17) is 5.11 Å². The molecule has 1 aromatic carbocycles. The molecule has 19 heavy (non-hydrogen) atoms. The summed E-state index contributed by atoms with van der Waals surface area (Å²) >= 11 is 0. The summed E-state index contributed by atoms with van der Waals surface area (Å²) in [5, 5.41) is 14.5. The molecule has 0 bridgehead atoms. The first-order valence-corrected chi connectivity index (χ1v) is 6.32. The maximum Gasteiger partial charge on any atom is 0.251 e. The SMILES string of the molecule is CC[C@@H](CO)NC(=O)c1ccc(CNC(C)=O)cc1. The van der Waals surface area contributed by atoms with Crippen molar-refractivity contribution >= 4 is 11.8 Å². The number of hydrogen-bond acceptors (Lipinski definition) is 3. The Balaban J connectivity index is 2.60. The van der Waals surface area contributed by atoms with Crippen molar-refractivity contribution in [3.05, 3.63) is 35.4 Å². The molecule has 0 spiro atoms. The van der Waals surface area contributed by atoms with Crippen LogP contribution in [0.2, 0.25) is 0 Å². The molecular weight excluding hydrogens is 244 g/mol. The van der Waals surface area contributed by atoms with E-state index in [-0.39, 0.29) is 24.5 Å². The quantitative estimate of drug-likeness (QED) is 0.712. The van der Waals surface area contributed by atoms with Gasteiger partial charge in [-0.3, -0.25) is 9.59 Å². The largest absolute Gasteiger partial charge is 0.394 e. The second kappa shape index (κ2) is 7.53. The smallest absolute Gasteiger partial charge is 0.251 e. The van der Waals surface area contributed by atoms with Gasteiger partial charge in [0.15, 0.2) is 0 Å². The third kappa shape index (κ3) is 5.09. The van der Waals surface area contributed by atoms with Crippen LogP contribution in [0.25, 0.3) is 0 Å². The van der Waals surface area contributed by atoms with Crippen molar-refractivity contribution in [2.24, 2.45) is 0 Å². The van der Waals surface area contributed by atoms with Crippen molar-refractivity contribution < 1.29 is 14.7 Å². The molecule has 0 aromatic heterocycles. The third-order valence-corrected chi connectivity index (χ3v) is 2.81. The summed E-state index contributed by atoms with van der Waals surface area (Å²) < 4.78 is 0. The van der Waals surface area contributed by atoms with Crippen LogP contribution in [0.4, 0.5) is 0 Å². The monoisotopic (exact) mass is 264 g/mol. The fourth-order valence-corrected chi connectivity index (χ4v) is 1.55. The van der Waals surface area contributed by atoms with Crippen LogP contribution in [0.3, 0.4) is 0 Å². The highest BCUT2D eigenvalue weighted by atomic mass is 16.3. The summed E-state index contributed by atoms with van der Waals surface area (Å²) in [7, 11) is 0. The van der Waals surface area contributed by atoms with Crippen LogP contribution in [-0.4, -0.2) is 29.6 Å². The van der Waals surface area contributed by atoms with Crippen molar-refractivity contribution in [2.45, 2.75) is 32.9 Å². The molecule has 0 fully saturated rings. The van der Waals surface area contributed by atoms with Crippen LogP contribution < -0.4 is 10.6 Å². The second-order valence-electron chi connectivity index (χ2n) is 4.37. The minimum atomic E-state index is -0.216. The Hall–Kier alpha value is -1.88. The summed E-state index contributed by atoms with van der Waals surface area (Å²) in [5.41, 5.74) is 1.47.